The molecule has 70 valence electrons. The molecule has 0 aromatic heterocycles. The van der Waals surface area contributed by atoms with Gasteiger partial charge in [-0.1, -0.05) is 0 Å². The van der Waals surface area contributed by atoms with E-state index in [2.05, 4.69) is 5.18 Å². The van der Waals surface area contributed by atoms with Crippen LogP contribution in [0.3, 0.4) is 0 Å². The zero-order valence-electron chi connectivity index (χ0n) is 6.17. The molecule has 1 N–H and O–H groups in total. The Morgan fingerprint density at radius 3 is 2.38 bits per heavy atom. The smallest absolute Gasteiger partial charge is 0.418 e. The highest BCUT2D eigenvalue weighted by molar-refractivity contribution is 5.50. The van der Waals surface area contributed by atoms with E-state index in [0.29, 0.717) is 6.07 Å². The van der Waals surface area contributed by atoms with Crippen LogP contribution in [0.15, 0.2) is 23.4 Å². The van der Waals surface area contributed by atoms with Crippen LogP contribution in [0, 0.1) is 4.91 Å². The minimum atomic E-state index is -4.68. The lowest BCUT2D eigenvalue weighted by molar-refractivity contribution is -0.137. The van der Waals surface area contributed by atoms with Crippen LogP contribution in [0.2, 0.25) is 0 Å². The number of phenols is 1. The van der Waals surface area contributed by atoms with Crippen LogP contribution in [-0.4, -0.2) is 5.11 Å². The van der Waals surface area contributed by atoms with Gasteiger partial charge in [-0.05, 0) is 23.4 Å². The number of hydrogen-bond donors (Lipinski definition) is 1. The standard InChI is InChI=1S/C7H4F3NO2/c8-7(9,10)5-3-4(12)1-2-6(5)11-13/h1-3,12H. The summed E-state index contributed by atoms with van der Waals surface area (Å²) in [7, 11) is 0. The zero-order valence-corrected chi connectivity index (χ0v) is 6.17. The number of hydrogen-bond acceptors (Lipinski definition) is 3. The van der Waals surface area contributed by atoms with Crippen molar-refractivity contribution in [3.05, 3.63) is 28.7 Å². The largest absolute Gasteiger partial charge is 0.508 e. The van der Waals surface area contributed by atoms with Gasteiger partial charge in [0.1, 0.15) is 11.4 Å². The Kier molecular flexibility index (Phi) is 2.22. The number of benzene rings is 1. The van der Waals surface area contributed by atoms with Crippen molar-refractivity contribution >= 4 is 5.69 Å². The molecule has 0 aliphatic rings. The van der Waals surface area contributed by atoms with Crippen LogP contribution in [0.1, 0.15) is 5.56 Å². The molecular weight excluding hydrogens is 187 g/mol. The van der Waals surface area contributed by atoms with Crippen molar-refractivity contribution in [2.24, 2.45) is 5.18 Å². The Hall–Kier alpha value is -1.59. The first-order chi connectivity index (χ1) is 5.95. The fourth-order valence-electron chi connectivity index (χ4n) is 0.831. The molecule has 1 aromatic carbocycles. The first-order valence-electron chi connectivity index (χ1n) is 3.18. The van der Waals surface area contributed by atoms with Gasteiger partial charge >= 0.3 is 6.18 Å². The molecule has 6 heteroatoms. The summed E-state index contributed by atoms with van der Waals surface area (Å²) in [6.07, 6.45) is -4.68. The average Bonchev–Trinajstić information content (AvgIpc) is 2.03. The molecule has 0 aliphatic heterocycles. The Balaban J connectivity index is 3.32. The molecule has 1 rings (SSSR count). The van der Waals surface area contributed by atoms with E-state index in [9.17, 15) is 18.1 Å². The van der Waals surface area contributed by atoms with Crippen molar-refractivity contribution in [2.45, 2.75) is 6.18 Å². The van der Waals surface area contributed by atoms with Gasteiger partial charge in [0, 0.05) is 0 Å². The molecule has 1 aromatic rings. The Labute approximate surface area is 70.8 Å². The molecule has 0 spiro atoms. The first-order valence-corrected chi connectivity index (χ1v) is 3.18. The van der Waals surface area contributed by atoms with E-state index in [4.69, 9.17) is 5.11 Å². The molecule has 0 amide bonds. The zero-order chi connectivity index (χ0) is 10.1. The van der Waals surface area contributed by atoms with Crippen molar-refractivity contribution in [3.8, 4) is 5.75 Å². The fraction of sp³-hybridized carbons (Fsp3) is 0.143. The SMILES string of the molecule is O=Nc1ccc(O)cc1C(F)(F)F. The molecule has 0 saturated carbocycles. The van der Waals surface area contributed by atoms with Crippen LogP contribution in [0.25, 0.3) is 0 Å². The van der Waals surface area contributed by atoms with Crippen molar-refractivity contribution in [2.75, 3.05) is 0 Å². The topological polar surface area (TPSA) is 49.7 Å². The van der Waals surface area contributed by atoms with Crippen LogP contribution in [-0.2, 0) is 6.18 Å². The second kappa shape index (κ2) is 3.04. The maximum Gasteiger partial charge on any atom is 0.418 e. The van der Waals surface area contributed by atoms with Gasteiger partial charge in [0.2, 0.25) is 0 Å². The summed E-state index contributed by atoms with van der Waals surface area (Å²) in [6, 6.07) is 2.23. The highest BCUT2D eigenvalue weighted by Crippen LogP contribution is 2.37. The van der Waals surface area contributed by atoms with Crippen molar-refractivity contribution in [1.29, 1.82) is 0 Å². The minimum Gasteiger partial charge on any atom is -0.508 e. The van der Waals surface area contributed by atoms with Gasteiger partial charge in [-0.15, -0.1) is 4.91 Å². The van der Waals surface area contributed by atoms with Crippen LogP contribution >= 0.6 is 0 Å². The molecule has 0 fully saturated rings. The third-order valence-electron chi connectivity index (χ3n) is 1.38. The Bertz CT molecular complexity index is 335. The quantitative estimate of drug-likeness (QED) is 0.693. The van der Waals surface area contributed by atoms with Crippen LogP contribution in [0.5, 0.6) is 5.75 Å². The van der Waals surface area contributed by atoms with E-state index in [1.807, 2.05) is 0 Å². The van der Waals surface area contributed by atoms with Gasteiger partial charge in [0.15, 0.2) is 0 Å². The highest BCUT2D eigenvalue weighted by Gasteiger charge is 2.34. The normalized spacial score (nSPS) is 11.3. The molecule has 0 radical (unpaired) electrons. The molecule has 0 bridgehead atoms. The van der Waals surface area contributed by atoms with E-state index in [0.717, 1.165) is 12.1 Å². The summed E-state index contributed by atoms with van der Waals surface area (Å²) >= 11 is 0. The van der Waals surface area contributed by atoms with Crippen LogP contribution in [0.4, 0.5) is 18.9 Å². The van der Waals surface area contributed by atoms with Gasteiger partial charge in [0.05, 0.1) is 5.56 Å². The van der Waals surface area contributed by atoms with E-state index < -0.39 is 23.2 Å². The molecule has 0 atom stereocenters. The van der Waals surface area contributed by atoms with E-state index in [1.54, 1.807) is 0 Å². The number of alkyl halides is 3. The van der Waals surface area contributed by atoms with Crippen molar-refractivity contribution < 1.29 is 18.3 Å². The van der Waals surface area contributed by atoms with E-state index in [-0.39, 0.29) is 0 Å². The number of nitrogens with zero attached hydrogens (tertiary/aromatic N) is 1. The molecule has 0 heterocycles. The Morgan fingerprint density at radius 2 is 1.92 bits per heavy atom. The lowest BCUT2D eigenvalue weighted by atomic mass is 10.1. The maximum absolute atomic E-state index is 12.1. The van der Waals surface area contributed by atoms with Gasteiger partial charge in [-0.2, -0.15) is 13.2 Å². The maximum atomic E-state index is 12.1. The second-order valence-corrected chi connectivity index (χ2v) is 2.29. The summed E-state index contributed by atoms with van der Waals surface area (Å²) in [4.78, 5) is 9.95. The summed E-state index contributed by atoms with van der Waals surface area (Å²) in [5, 5.41) is 10.9. The molecule has 13 heavy (non-hydrogen) atoms. The van der Waals surface area contributed by atoms with Gasteiger partial charge in [-0.3, -0.25) is 0 Å². The van der Waals surface area contributed by atoms with E-state index in [1.165, 1.54) is 0 Å². The molecule has 3 nitrogen and oxygen atoms in total. The number of aromatic hydroxyl groups is 1. The number of rotatable bonds is 1. The Morgan fingerprint density at radius 1 is 1.31 bits per heavy atom. The van der Waals surface area contributed by atoms with Crippen molar-refractivity contribution in [1.82, 2.24) is 0 Å². The summed E-state index contributed by atoms with van der Waals surface area (Å²) in [5.41, 5.74) is -1.96. The lowest BCUT2D eigenvalue weighted by Crippen LogP contribution is -2.04. The number of phenolic OH excluding ortho intramolecular Hbond substituents is 1. The first kappa shape index (κ1) is 9.50. The van der Waals surface area contributed by atoms with Gasteiger partial charge in [0.25, 0.3) is 0 Å². The second-order valence-electron chi connectivity index (χ2n) is 2.29. The third kappa shape index (κ3) is 1.95. The summed E-state index contributed by atoms with van der Waals surface area (Å²) < 4.78 is 36.3. The average molecular weight is 191 g/mol. The summed E-state index contributed by atoms with van der Waals surface area (Å²) in [6.45, 7) is 0. The molecule has 0 unspecified atom stereocenters. The predicted molar refractivity (Wildman–Crippen MR) is 38.6 cm³/mol. The van der Waals surface area contributed by atoms with Gasteiger partial charge in [-0.25, -0.2) is 0 Å². The van der Waals surface area contributed by atoms with Gasteiger partial charge < -0.3 is 5.11 Å². The molecular formula is C7H4F3NO2. The highest BCUT2D eigenvalue weighted by atomic mass is 19.4. The van der Waals surface area contributed by atoms with Crippen LogP contribution < -0.4 is 0 Å². The fourth-order valence-corrected chi connectivity index (χ4v) is 0.831. The predicted octanol–water partition coefficient (Wildman–Crippen LogP) is 2.81. The molecule has 0 saturated heterocycles. The summed E-state index contributed by atoms with van der Waals surface area (Å²) in [5.74, 6) is -0.556. The number of nitroso groups, excluding NO2 is 1. The third-order valence-corrected chi connectivity index (χ3v) is 1.38. The van der Waals surface area contributed by atoms with E-state index >= 15 is 0 Å². The van der Waals surface area contributed by atoms with Crippen molar-refractivity contribution in [3.63, 3.8) is 0 Å². The lowest BCUT2D eigenvalue weighted by Gasteiger charge is -2.07. The monoisotopic (exact) mass is 191 g/mol. The number of halogens is 3. The molecule has 0 aliphatic carbocycles. The minimum absolute atomic E-state index is 0.455.